The standard InChI is InChI=1S/C18H20FNO/c1-13-8-10-14(11-9-13)17(21)20-12-18(2,3)15-6-4-5-7-16(15)19/h4-11H,12H2,1-3H3,(H,20,21). The minimum absolute atomic E-state index is 0.139. The van der Waals surface area contributed by atoms with Crippen molar-refractivity contribution < 1.29 is 9.18 Å². The molecule has 3 heteroatoms. The molecule has 0 aliphatic carbocycles. The van der Waals surface area contributed by atoms with E-state index in [0.29, 0.717) is 17.7 Å². The highest BCUT2D eigenvalue weighted by Crippen LogP contribution is 2.24. The normalized spacial score (nSPS) is 11.2. The summed E-state index contributed by atoms with van der Waals surface area (Å²) < 4.78 is 13.9. The molecule has 0 bridgehead atoms. The highest BCUT2D eigenvalue weighted by molar-refractivity contribution is 5.94. The lowest BCUT2D eigenvalue weighted by Gasteiger charge is -2.26. The summed E-state index contributed by atoms with van der Waals surface area (Å²) in [7, 11) is 0. The number of carbonyl (C=O) groups is 1. The molecule has 0 heterocycles. The molecule has 0 spiro atoms. The highest BCUT2D eigenvalue weighted by atomic mass is 19.1. The first-order chi connectivity index (χ1) is 9.90. The molecule has 110 valence electrons. The van der Waals surface area contributed by atoms with Gasteiger partial charge in [-0.05, 0) is 30.7 Å². The van der Waals surface area contributed by atoms with E-state index in [1.807, 2.05) is 39.0 Å². The Labute approximate surface area is 125 Å². The summed E-state index contributed by atoms with van der Waals surface area (Å²) in [6, 6.07) is 14.1. The number of halogens is 1. The summed E-state index contributed by atoms with van der Waals surface area (Å²) in [6.45, 7) is 6.19. The maximum atomic E-state index is 13.9. The molecule has 0 saturated carbocycles. The predicted molar refractivity (Wildman–Crippen MR) is 82.9 cm³/mol. The van der Waals surface area contributed by atoms with Crippen LogP contribution in [0.5, 0.6) is 0 Å². The van der Waals surface area contributed by atoms with Crippen molar-refractivity contribution in [3.63, 3.8) is 0 Å². The molecule has 2 aromatic carbocycles. The lowest BCUT2D eigenvalue weighted by Crippen LogP contribution is -2.37. The molecule has 21 heavy (non-hydrogen) atoms. The molecule has 2 aromatic rings. The molecular weight excluding hydrogens is 265 g/mol. The topological polar surface area (TPSA) is 29.1 Å². The van der Waals surface area contributed by atoms with Crippen molar-refractivity contribution >= 4 is 5.91 Å². The molecule has 0 aromatic heterocycles. The molecule has 1 N–H and O–H groups in total. The van der Waals surface area contributed by atoms with Gasteiger partial charge in [0, 0.05) is 17.5 Å². The Morgan fingerprint density at radius 3 is 2.33 bits per heavy atom. The fourth-order valence-electron chi connectivity index (χ4n) is 2.21. The fourth-order valence-corrected chi connectivity index (χ4v) is 2.21. The van der Waals surface area contributed by atoms with Gasteiger partial charge in [0.25, 0.3) is 5.91 Å². The van der Waals surface area contributed by atoms with Crippen molar-refractivity contribution in [1.29, 1.82) is 0 Å². The fraction of sp³-hybridized carbons (Fsp3) is 0.278. The van der Waals surface area contributed by atoms with E-state index in [1.54, 1.807) is 24.3 Å². The molecule has 0 fully saturated rings. The van der Waals surface area contributed by atoms with Crippen molar-refractivity contribution in [1.82, 2.24) is 5.32 Å². The Bertz CT molecular complexity index is 632. The van der Waals surface area contributed by atoms with E-state index in [0.717, 1.165) is 5.56 Å². The van der Waals surface area contributed by atoms with Crippen LogP contribution in [0.1, 0.15) is 35.3 Å². The van der Waals surface area contributed by atoms with Crippen molar-refractivity contribution in [3.8, 4) is 0 Å². The van der Waals surface area contributed by atoms with Crippen LogP contribution in [0.25, 0.3) is 0 Å². The Kier molecular flexibility index (Phi) is 4.41. The Hall–Kier alpha value is -2.16. The largest absolute Gasteiger partial charge is 0.351 e. The molecular formula is C18H20FNO. The molecule has 2 nitrogen and oxygen atoms in total. The number of nitrogens with one attached hydrogen (secondary N) is 1. The maximum absolute atomic E-state index is 13.9. The average molecular weight is 285 g/mol. The Morgan fingerprint density at radius 1 is 1.10 bits per heavy atom. The summed E-state index contributed by atoms with van der Waals surface area (Å²) in [5.74, 6) is -0.383. The third-order valence-electron chi connectivity index (χ3n) is 3.61. The van der Waals surface area contributed by atoms with Crippen LogP contribution in [-0.2, 0) is 5.41 Å². The number of benzene rings is 2. The summed E-state index contributed by atoms with van der Waals surface area (Å²) in [4.78, 5) is 12.1. The van der Waals surface area contributed by atoms with E-state index in [-0.39, 0.29) is 11.7 Å². The second kappa shape index (κ2) is 6.08. The van der Waals surface area contributed by atoms with Crippen LogP contribution in [-0.4, -0.2) is 12.5 Å². The third-order valence-corrected chi connectivity index (χ3v) is 3.61. The first-order valence-corrected chi connectivity index (χ1v) is 7.00. The van der Waals surface area contributed by atoms with Gasteiger partial charge in [-0.2, -0.15) is 0 Å². The number of aryl methyl sites for hydroxylation is 1. The van der Waals surface area contributed by atoms with Gasteiger partial charge in [-0.3, -0.25) is 4.79 Å². The van der Waals surface area contributed by atoms with E-state index in [1.165, 1.54) is 6.07 Å². The first kappa shape index (κ1) is 15.2. The van der Waals surface area contributed by atoms with E-state index < -0.39 is 5.41 Å². The zero-order chi connectivity index (χ0) is 15.5. The Balaban J connectivity index is 2.06. The van der Waals surface area contributed by atoms with E-state index >= 15 is 0 Å². The second-order valence-corrected chi connectivity index (χ2v) is 5.91. The summed E-state index contributed by atoms with van der Waals surface area (Å²) in [5, 5.41) is 2.88. The molecule has 0 saturated heterocycles. The molecule has 0 aliphatic heterocycles. The number of carbonyl (C=O) groups excluding carboxylic acids is 1. The van der Waals surface area contributed by atoms with Crippen molar-refractivity contribution in [2.45, 2.75) is 26.2 Å². The molecule has 0 aliphatic rings. The maximum Gasteiger partial charge on any atom is 0.251 e. The minimum atomic E-state index is -0.467. The van der Waals surface area contributed by atoms with Crippen molar-refractivity contribution in [2.24, 2.45) is 0 Å². The van der Waals surface area contributed by atoms with E-state index in [2.05, 4.69) is 5.32 Å². The smallest absolute Gasteiger partial charge is 0.251 e. The zero-order valence-electron chi connectivity index (χ0n) is 12.6. The monoisotopic (exact) mass is 285 g/mol. The molecule has 0 atom stereocenters. The lowest BCUT2D eigenvalue weighted by atomic mass is 9.84. The van der Waals surface area contributed by atoms with Gasteiger partial charge in [0.2, 0.25) is 0 Å². The lowest BCUT2D eigenvalue weighted by molar-refractivity contribution is 0.0945. The zero-order valence-corrected chi connectivity index (χ0v) is 12.6. The quantitative estimate of drug-likeness (QED) is 0.908. The van der Waals surface area contributed by atoms with Crippen LogP contribution >= 0.6 is 0 Å². The van der Waals surface area contributed by atoms with Crippen LogP contribution in [0, 0.1) is 12.7 Å². The molecule has 0 unspecified atom stereocenters. The number of amides is 1. The average Bonchev–Trinajstić information content (AvgIpc) is 2.46. The predicted octanol–water partition coefficient (Wildman–Crippen LogP) is 3.84. The number of hydrogen-bond acceptors (Lipinski definition) is 1. The van der Waals surface area contributed by atoms with Crippen LogP contribution in [0.3, 0.4) is 0 Å². The number of rotatable bonds is 4. The Morgan fingerprint density at radius 2 is 1.71 bits per heavy atom. The van der Waals surface area contributed by atoms with E-state index in [4.69, 9.17) is 0 Å². The van der Waals surface area contributed by atoms with E-state index in [9.17, 15) is 9.18 Å². The van der Waals surface area contributed by atoms with Crippen molar-refractivity contribution in [2.75, 3.05) is 6.54 Å². The molecule has 2 rings (SSSR count). The minimum Gasteiger partial charge on any atom is -0.351 e. The highest BCUT2D eigenvalue weighted by Gasteiger charge is 2.24. The van der Waals surface area contributed by atoms with Gasteiger partial charge in [-0.25, -0.2) is 4.39 Å². The van der Waals surface area contributed by atoms with Gasteiger partial charge in [0.05, 0.1) is 0 Å². The van der Waals surface area contributed by atoms with Crippen LogP contribution in [0.15, 0.2) is 48.5 Å². The van der Waals surface area contributed by atoms with Gasteiger partial charge < -0.3 is 5.32 Å². The van der Waals surface area contributed by atoms with Crippen LogP contribution in [0.4, 0.5) is 4.39 Å². The van der Waals surface area contributed by atoms with Crippen molar-refractivity contribution in [3.05, 3.63) is 71.0 Å². The third kappa shape index (κ3) is 3.69. The van der Waals surface area contributed by atoms with Gasteiger partial charge >= 0.3 is 0 Å². The summed E-state index contributed by atoms with van der Waals surface area (Å²) >= 11 is 0. The van der Waals surface area contributed by atoms with Crippen LogP contribution < -0.4 is 5.32 Å². The summed E-state index contributed by atoms with van der Waals surface area (Å²) in [5.41, 5.74) is 1.86. The van der Waals surface area contributed by atoms with Gasteiger partial charge in [0.1, 0.15) is 5.82 Å². The van der Waals surface area contributed by atoms with Crippen LogP contribution in [0.2, 0.25) is 0 Å². The first-order valence-electron chi connectivity index (χ1n) is 7.00. The van der Waals surface area contributed by atoms with Gasteiger partial charge in [-0.1, -0.05) is 49.7 Å². The molecule has 0 radical (unpaired) electrons. The van der Waals surface area contributed by atoms with Gasteiger partial charge in [0.15, 0.2) is 0 Å². The second-order valence-electron chi connectivity index (χ2n) is 5.91. The van der Waals surface area contributed by atoms with Gasteiger partial charge in [-0.15, -0.1) is 0 Å². The SMILES string of the molecule is Cc1ccc(C(=O)NCC(C)(C)c2ccccc2F)cc1. The molecule has 1 amide bonds. The number of hydrogen-bond donors (Lipinski definition) is 1. The summed E-state index contributed by atoms with van der Waals surface area (Å²) in [6.07, 6.45) is 0.